The van der Waals surface area contributed by atoms with Crippen molar-refractivity contribution in [2.45, 2.75) is 12.8 Å². The van der Waals surface area contributed by atoms with Crippen LogP contribution >= 0.6 is 0 Å². The van der Waals surface area contributed by atoms with Crippen LogP contribution in [0.5, 0.6) is 0 Å². The standard InChI is InChI=1S/C34H27N/c1-26-15-14-24-31(33(29-20-10-4-11-21-29)30-22-12-5-13-23-30)34(26)35-25-32(27-16-6-2-7-17-27)28-18-8-3-9-19-28/h2-24,33H,1H3. The summed E-state index contributed by atoms with van der Waals surface area (Å²) in [5, 5.41) is 0. The third kappa shape index (κ3) is 5.06. The second-order valence-corrected chi connectivity index (χ2v) is 8.60. The zero-order valence-electron chi connectivity index (χ0n) is 19.8. The highest BCUT2D eigenvalue weighted by Crippen LogP contribution is 2.38. The van der Waals surface area contributed by atoms with Crippen molar-refractivity contribution in [1.29, 1.82) is 0 Å². The van der Waals surface area contributed by atoms with Crippen LogP contribution < -0.4 is 0 Å². The lowest BCUT2D eigenvalue weighted by molar-refractivity contribution is 0.973. The Bertz CT molecular complexity index is 1370. The molecule has 0 heterocycles. The lowest BCUT2D eigenvalue weighted by Crippen LogP contribution is -2.04. The molecule has 0 fully saturated rings. The van der Waals surface area contributed by atoms with E-state index in [0.717, 1.165) is 28.0 Å². The second kappa shape index (κ2) is 10.7. The van der Waals surface area contributed by atoms with Crippen LogP contribution in [0.2, 0.25) is 0 Å². The van der Waals surface area contributed by atoms with E-state index in [4.69, 9.17) is 4.99 Å². The van der Waals surface area contributed by atoms with Crippen molar-refractivity contribution in [3.8, 4) is 0 Å². The summed E-state index contributed by atoms with van der Waals surface area (Å²) in [6.07, 6.45) is 0. The summed E-state index contributed by atoms with van der Waals surface area (Å²) in [4.78, 5) is 5.04. The van der Waals surface area contributed by atoms with Crippen LogP contribution in [0.1, 0.15) is 39.3 Å². The maximum absolute atomic E-state index is 5.04. The van der Waals surface area contributed by atoms with E-state index in [1.807, 2.05) is 12.1 Å². The van der Waals surface area contributed by atoms with Gasteiger partial charge in [-0.2, -0.15) is 0 Å². The Balaban J connectivity index is 1.72. The van der Waals surface area contributed by atoms with Gasteiger partial charge in [0.15, 0.2) is 0 Å². The monoisotopic (exact) mass is 449 g/mol. The first-order chi connectivity index (χ1) is 17.3. The minimum Gasteiger partial charge on any atom is -0.205 e. The van der Waals surface area contributed by atoms with E-state index in [-0.39, 0.29) is 5.92 Å². The molecular weight excluding hydrogens is 422 g/mol. The van der Waals surface area contributed by atoms with Crippen molar-refractivity contribution in [3.63, 3.8) is 0 Å². The number of rotatable bonds is 6. The van der Waals surface area contributed by atoms with Gasteiger partial charge in [-0.25, -0.2) is 4.99 Å². The number of aryl methyl sites for hydroxylation is 1. The van der Waals surface area contributed by atoms with E-state index in [9.17, 15) is 0 Å². The molecule has 5 rings (SSSR count). The molecule has 0 amide bonds. The fourth-order valence-corrected chi connectivity index (χ4v) is 4.53. The van der Waals surface area contributed by atoms with Crippen molar-refractivity contribution in [2.75, 3.05) is 0 Å². The van der Waals surface area contributed by atoms with Gasteiger partial charge in [0.05, 0.1) is 11.3 Å². The average Bonchev–Trinajstić information content (AvgIpc) is 2.93. The normalized spacial score (nSPS) is 10.6. The lowest BCUT2D eigenvalue weighted by atomic mass is 9.83. The van der Waals surface area contributed by atoms with Gasteiger partial charge in [0, 0.05) is 5.92 Å². The molecule has 168 valence electrons. The molecule has 0 saturated heterocycles. The number of nitrogens with zero attached hydrogens (tertiary/aromatic N) is 1. The van der Waals surface area contributed by atoms with Crippen molar-refractivity contribution >= 4 is 17.1 Å². The van der Waals surface area contributed by atoms with Crippen LogP contribution in [0.25, 0.3) is 5.57 Å². The smallest absolute Gasteiger partial charge is 0.0800 e. The number of para-hydroxylation sites is 1. The van der Waals surface area contributed by atoms with Crippen LogP contribution in [0, 0.1) is 6.92 Å². The van der Waals surface area contributed by atoms with E-state index in [1.165, 1.54) is 16.7 Å². The molecule has 0 aliphatic heterocycles. The fourth-order valence-electron chi connectivity index (χ4n) is 4.53. The third-order valence-corrected chi connectivity index (χ3v) is 6.25. The Morgan fingerprint density at radius 1 is 0.543 bits per heavy atom. The summed E-state index contributed by atoms with van der Waals surface area (Å²) in [6.45, 7) is 2.13. The van der Waals surface area contributed by atoms with E-state index >= 15 is 0 Å². The summed E-state index contributed by atoms with van der Waals surface area (Å²) < 4.78 is 0. The predicted octanol–water partition coefficient (Wildman–Crippen LogP) is 8.61. The highest BCUT2D eigenvalue weighted by molar-refractivity contribution is 5.99. The number of benzene rings is 5. The van der Waals surface area contributed by atoms with Crippen molar-refractivity contribution in [2.24, 2.45) is 4.99 Å². The highest BCUT2D eigenvalue weighted by Gasteiger charge is 2.20. The van der Waals surface area contributed by atoms with Gasteiger partial charge in [0.2, 0.25) is 0 Å². The van der Waals surface area contributed by atoms with E-state index in [1.54, 1.807) is 0 Å². The van der Waals surface area contributed by atoms with Crippen LogP contribution in [0.4, 0.5) is 5.69 Å². The number of hydrogen-bond donors (Lipinski definition) is 0. The molecule has 5 aromatic carbocycles. The van der Waals surface area contributed by atoms with E-state index in [0.29, 0.717) is 0 Å². The maximum Gasteiger partial charge on any atom is 0.0800 e. The Kier molecular flexibility index (Phi) is 6.80. The van der Waals surface area contributed by atoms with Crippen LogP contribution in [0.3, 0.4) is 0 Å². The molecule has 0 spiro atoms. The second-order valence-electron chi connectivity index (χ2n) is 8.60. The minimum absolute atomic E-state index is 0.0785. The Hall–Kier alpha value is -4.45. The SMILES string of the molecule is Cc1cccc(C(c2ccccc2)c2ccccc2)c1N=C=C(c1ccccc1)c1ccccc1. The van der Waals surface area contributed by atoms with Gasteiger partial charge < -0.3 is 0 Å². The largest absolute Gasteiger partial charge is 0.205 e. The van der Waals surface area contributed by atoms with Crippen molar-refractivity contribution in [1.82, 2.24) is 0 Å². The van der Waals surface area contributed by atoms with Crippen LogP contribution in [-0.2, 0) is 0 Å². The van der Waals surface area contributed by atoms with Gasteiger partial charge in [-0.3, -0.25) is 0 Å². The van der Waals surface area contributed by atoms with Gasteiger partial charge >= 0.3 is 0 Å². The van der Waals surface area contributed by atoms with Crippen LogP contribution in [-0.4, -0.2) is 5.87 Å². The topological polar surface area (TPSA) is 12.4 Å². The molecule has 35 heavy (non-hydrogen) atoms. The molecule has 0 aliphatic rings. The molecule has 0 aromatic heterocycles. The first-order valence-corrected chi connectivity index (χ1v) is 11.9. The fraction of sp³-hybridized carbons (Fsp3) is 0.0588. The Labute approximate surface area is 207 Å². The van der Waals surface area contributed by atoms with E-state index in [2.05, 4.69) is 140 Å². The van der Waals surface area contributed by atoms with E-state index < -0.39 is 0 Å². The summed E-state index contributed by atoms with van der Waals surface area (Å²) in [5.74, 6) is 3.53. The van der Waals surface area contributed by atoms with Gasteiger partial charge in [-0.15, -0.1) is 0 Å². The molecule has 0 unspecified atom stereocenters. The molecule has 1 nitrogen and oxygen atoms in total. The molecule has 0 radical (unpaired) electrons. The predicted molar refractivity (Wildman–Crippen MR) is 147 cm³/mol. The molecule has 0 N–H and O–H groups in total. The zero-order valence-corrected chi connectivity index (χ0v) is 19.8. The maximum atomic E-state index is 5.04. The number of hydrogen-bond acceptors (Lipinski definition) is 1. The van der Waals surface area contributed by atoms with Crippen LogP contribution in [0.15, 0.2) is 145 Å². The zero-order chi connectivity index (χ0) is 23.9. The Morgan fingerprint density at radius 2 is 1.00 bits per heavy atom. The van der Waals surface area contributed by atoms with Gasteiger partial charge in [0.25, 0.3) is 0 Å². The molecule has 5 aromatic rings. The first kappa shape index (κ1) is 22.3. The molecule has 0 aliphatic carbocycles. The third-order valence-electron chi connectivity index (χ3n) is 6.25. The lowest BCUT2D eigenvalue weighted by Gasteiger charge is -2.21. The minimum atomic E-state index is 0.0785. The first-order valence-electron chi connectivity index (χ1n) is 11.9. The summed E-state index contributed by atoms with van der Waals surface area (Å²) in [6, 6.07) is 48.5. The molecule has 0 bridgehead atoms. The highest BCUT2D eigenvalue weighted by atomic mass is 14.7. The van der Waals surface area contributed by atoms with Gasteiger partial charge in [-0.1, -0.05) is 140 Å². The van der Waals surface area contributed by atoms with Crippen molar-refractivity contribution in [3.05, 3.63) is 173 Å². The summed E-state index contributed by atoms with van der Waals surface area (Å²) >= 11 is 0. The van der Waals surface area contributed by atoms with Crippen molar-refractivity contribution < 1.29 is 0 Å². The van der Waals surface area contributed by atoms with Gasteiger partial charge in [0.1, 0.15) is 0 Å². The summed E-state index contributed by atoms with van der Waals surface area (Å²) in [7, 11) is 0. The molecular formula is C34H27N. The summed E-state index contributed by atoms with van der Waals surface area (Å²) in [5.41, 5.74) is 8.95. The molecule has 1 heteroatoms. The van der Waals surface area contributed by atoms with Gasteiger partial charge in [-0.05, 0) is 46.2 Å². The quantitative estimate of drug-likeness (QED) is 0.182. The number of aliphatic imine (C=N–C) groups is 1. The average molecular weight is 450 g/mol. The molecule has 0 atom stereocenters. The molecule has 0 saturated carbocycles. The Morgan fingerprint density at radius 3 is 1.49 bits per heavy atom.